The number of unbranched alkanes of at least 4 members (excludes halogenated alkanes) is 2. The Hall–Kier alpha value is -0.480. The first-order valence-corrected chi connectivity index (χ1v) is 5.59. The van der Waals surface area contributed by atoms with Gasteiger partial charge in [0.25, 0.3) is 0 Å². The van der Waals surface area contributed by atoms with Gasteiger partial charge in [0.05, 0.1) is 12.6 Å². The molecular formula is C10H17NO2S. The molecule has 0 saturated carbocycles. The Bertz CT molecular complexity index is 191. The standard InChI is InChI=1S/C10H17NO2S/c12-7-2-1-3-8-13-10(14)9-5-4-6-11-9/h7,9,11H,1-6,8H2. The molecule has 14 heavy (non-hydrogen) atoms. The topological polar surface area (TPSA) is 38.3 Å². The van der Waals surface area contributed by atoms with E-state index in [9.17, 15) is 4.79 Å². The number of carbonyl (C=O) groups excluding carboxylic acids is 1. The maximum Gasteiger partial charge on any atom is 0.176 e. The molecule has 0 spiro atoms. The van der Waals surface area contributed by atoms with E-state index in [1.54, 1.807) is 0 Å². The SMILES string of the molecule is O=CCCCCOC(=S)C1CCCN1. The highest BCUT2D eigenvalue weighted by molar-refractivity contribution is 7.80. The average Bonchev–Trinajstić information content (AvgIpc) is 2.70. The lowest BCUT2D eigenvalue weighted by Gasteiger charge is -2.12. The molecule has 80 valence electrons. The van der Waals surface area contributed by atoms with Crippen molar-refractivity contribution in [1.29, 1.82) is 0 Å². The van der Waals surface area contributed by atoms with E-state index < -0.39 is 0 Å². The quantitative estimate of drug-likeness (QED) is 0.413. The van der Waals surface area contributed by atoms with Gasteiger partial charge in [0, 0.05) is 6.42 Å². The van der Waals surface area contributed by atoms with Crippen LogP contribution >= 0.6 is 12.2 Å². The summed E-state index contributed by atoms with van der Waals surface area (Å²) >= 11 is 5.14. The van der Waals surface area contributed by atoms with Crippen molar-refractivity contribution in [3.63, 3.8) is 0 Å². The molecule has 1 atom stereocenters. The van der Waals surface area contributed by atoms with Crippen LogP contribution < -0.4 is 5.32 Å². The summed E-state index contributed by atoms with van der Waals surface area (Å²) in [6.45, 7) is 1.68. The Morgan fingerprint density at radius 1 is 1.57 bits per heavy atom. The molecule has 3 nitrogen and oxygen atoms in total. The van der Waals surface area contributed by atoms with E-state index in [2.05, 4.69) is 5.32 Å². The highest BCUT2D eigenvalue weighted by Crippen LogP contribution is 2.08. The highest BCUT2D eigenvalue weighted by Gasteiger charge is 2.19. The van der Waals surface area contributed by atoms with Crippen molar-refractivity contribution in [2.45, 2.75) is 38.1 Å². The van der Waals surface area contributed by atoms with Crippen molar-refractivity contribution in [1.82, 2.24) is 5.32 Å². The van der Waals surface area contributed by atoms with Crippen LogP contribution in [0, 0.1) is 0 Å². The molecule has 1 aliphatic rings. The number of ether oxygens (including phenoxy) is 1. The van der Waals surface area contributed by atoms with Gasteiger partial charge in [-0.05, 0) is 44.4 Å². The van der Waals surface area contributed by atoms with Gasteiger partial charge in [0.15, 0.2) is 5.05 Å². The Morgan fingerprint density at radius 3 is 3.07 bits per heavy atom. The number of nitrogens with one attached hydrogen (secondary N) is 1. The fraction of sp³-hybridized carbons (Fsp3) is 0.800. The van der Waals surface area contributed by atoms with Gasteiger partial charge >= 0.3 is 0 Å². The fourth-order valence-electron chi connectivity index (χ4n) is 1.49. The largest absolute Gasteiger partial charge is 0.485 e. The third kappa shape index (κ3) is 4.15. The summed E-state index contributed by atoms with van der Waals surface area (Å²) in [5.41, 5.74) is 0. The molecule has 1 N–H and O–H groups in total. The minimum Gasteiger partial charge on any atom is -0.485 e. The molecule has 0 aromatic carbocycles. The summed E-state index contributed by atoms with van der Waals surface area (Å²) in [5.74, 6) is 0. The molecule has 0 radical (unpaired) electrons. The van der Waals surface area contributed by atoms with Crippen LogP contribution in [0.25, 0.3) is 0 Å². The smallest absolute Gasteiger partial charge is 0.176 e. The van der Waals surface area contributed by atoms with Crippen molar-refractivity contribution < 1.29 is 9.53 Å². The molecular weight excluding hydrogens is 198 g/mol. The van der Waals surface area contributed by atoms with Crippen molar-refractivity contribution in [2.24, 2.45) is 0 Å². The Balaban J connectivity index is 2.00. The van der Waals surface area contributed by atoms with Crippen LogP contribution in [0.1, 0.15) is 32.1 Å². The minimum atomic E-state index is 0.274. The van der Waals surface area contributed by atoms with Gasteiger partial charge in [-0.25, -0.2) is 0 Å². The summed E-state index contributed by atoms with van der Waals surface area (Å²) in [4.78, 5) is 10.0. The molecule has 0 aromatic rings. The van der Waals surface area contributed by atoms with E-state index in [1.807, 2.05) is 0 Å². The Labute approximate surface area is 90.2 Å². The van der Waals surface area contributed by atoms with Crippen molar-refractivity contribution >= 4 is 23.6 Å². The van der Waals surface area contributed by atoms with E-state index in [4.69, 9.17) is 17.0 Å². The Kier molecular flexibility index (Phi) is 5.71. The second-order valence-corrected chi connectivity index (χ2v) is 3.88. The predicted molar refractivity (Wildman–Crippen MR) is 59.5 cm³/mol. The van der Waals surface area contributed by atoms with Crippen LogP contribution in [-0.4, -0.2) is 30.5 Å². The molecule has 1 rings (SSSR count). The fourth-order valence-corrected chi connectivity index (χ4v) is 1.77. The molecule has 0 bridgehead atoms. The zero-order chi connectivity index (χ0) is 10.2. The van der Waals surface area contributed by atoms with E-state index in [0.717, 1.165) is 32.1 Å². The van der Waals surface area contributed by atoms with E-state index in [-0.39, 0.29) is 6.04 Å². The molecule has 0 aromatic heterocycles. The highest BCUT2D eigenvalue weighted by atomic mass is 32.1. The summed E-state index contributed by atoms with van der Waals surface area (Å²) in [7, 11) is 0. The lowest BCUT2D eigenvalue weighted by molar-refractivity contribution is -0.107. The minimum absolute atomic E-state index is 0.274. The maximum atomic E-state index is 10.0. The van der Waals surface area contributed by atoms with Crippen molar-refractivity contribution in [2.75, 3.05) is 13.2 Å². The summed E-state index contributed by atoms with van der Waals surface area (Å²) < 4.78 is 5.43. The van der Waals surface area contributed by atoms with E-state index in [1.165, 1.54) is 6.42 Å². The Morgan fingerprint density at radius 2 is 2.43 bits per heavy atom. The number of thiocarbonyl (C=S) groups is 1. The van der Waals surface area contributed by atoms with Crippen LogP contribution in [0.3, 0.4) is 0 Å². The molecule has 1 saturated heterocycles. The summed E-state index contributed by atoms with van der Waals surface area (Å²) in [5, 5.41) is 3.97. The van der Waals surface area contributed by atoms with Gasteiger partial charge in [-0.2, -0.15) is 0 Å². The first kappa shape index (κ1) is 11.6. The zero-order valence-corrected chi connectivity index (χ0v) is 9.15. The van der Waals surface area contributed by atoms with Gasteiger partial charge in [0.1, 0.15) is 6.29 Å². The van der Waals surface area contributed by atoms with Gasteiger partial charge in [-0.15, -0.1) is 0 Å². The van der Waals surface area contributed by atoms with Crippen LogP contribution in [0.4, 0.5) is 0 Å². The molecule has 1 heterocycles. The molecule has 4 heteroatoms. The van der Waals surface area contributed by atoms with Gasteiger partial charge in [-0.3, -0.25) is 0 Å². The van der Waals surface area contributed by atoms with Crippen LogP contribution in [0.5, 0.6) is 0 Å². The molecule has 1 aliphatic heterocycles. The maximum absolute atomic E-state index is 10.0. The number of aldehydes is 1. The monoisotopic (exact) mass is 215 g/mol. The normalized spacial score (nSPS) is 20.7. The van der Waals surface area contributed by atoms with Crippen molar-refractivity contribution in [3.05, 3.63) is 0 Å². The number of hydrogen-bond donors (Lipinski definition) is 1. The molecule has 0 aliphatic carbocycles. The lowest BCUT2D eigenvalue weighted by atomic mass is 10.2. The number of carbonyl (C=O) groups is 1. The van der Waals surface area contributed by atoms with Gasteiger partial charge in [0.2, 0.25) is 0 Å². The molecule has 0 amide bonds. The van der Waals surface area contributed by atoms with Crippen LogP contribution in [0.2, 0.25) is 0 Å². The second kappa shape index (κ2) is 6.90. The van der Waals surface area contributed by atoms with E-state index >= 15 is 0 Å². The van der Waals surface area contributed by atoms with Crippen LogP contribution in [0.15, 0.2) is 0 Å². The van der Waals surface area contributed by atoms with Crippen LogP contribution in [-0.2, 0) is 9.53 Å². The van der Waals surface area contributed by atoms with Gasteiger partial charge < -0.3 is 14.8 Å². The second-order valence-electron chi connectivity index (χ2n) is 3.48. The first-order chi connectivity index (χ1) is 6.84. The average molecular weight is 215 g/mol. The number of hydrogen-bond acceptors (Lipinski definition) is 4. The first-order valence-electron chi connectivity index (χ1n) is 5.18. The molecule has 1 unspecified atom stereocenters. The zero-order valence-electron chi connectivity index (χ0n) is 8.33. The summed E-state index contributed by atoms with van der Waals surface area (Å²) in [6, 6.07) is 0.274. The third-order valence-corrected chi connectivity index (χ3v) is 2.71. The van der Waals surface area contributed by atoms with E-state index in [0.29, 0.717) is 18.1 Å². The summed E-state index contributed by atoms with van der Waals surface area (Å²) in [6.07, 6.45) is 5.64. The molecule has 1 fully saturated rings. The van der Waals surface area contributed by atoms with Crippen molar-refractivity contribution in [3.8, 4) is 0 Å². The number of rotatable bonds is 6. The lowest BCUT2D eigenvalue weighted by Crippen LogP contribution is -2.31. The van der Waals surface area contributed by atoms with Gasteiger partial charge in [-0.1, -0.05) is 0 Å². The third-order valence-electron chi connectivity index (χ3n) is 2.31. The predicted octanol–water partition coefficient (Wildman–Crippen LogP) is 1.45.